The number of hydrogen-bond acceptors (Lipinski definition) is 4. The molecule has 2 aromatic carbocycles. The highest BCUT2D eigenvalue weighted by Gasteiger charge is 2.09. The molecule has 4 aromatic rings. The van der Waals surface area contributed by atoms with Gasteiger partial charge in [-0.25, -0.2) is 0 Å². The lowest BCUT2D eigenvalue weighted by Gasteiger charge is -2.11. The maximum atomic E-state index is 6.10. The number of para-hydroxylation sites is 2. The number of nitrogens with two attached hydrogens (primary N) is 1. The van der Waals surface area contributed by atoms with Crippen LogP contribution in [0.2, 0.25) is 0 Å². The Morgan fingerprint density at radius 3 is 2.50 bits per heavy atom. The van der Waals surface area contributed by atoms with Crippen molar-refractivity contribution in [2.75, 3.05) is 5.73 Å². The molecule has 0 aliphatic heterocycles. The van der Waals surface area contributed by atoms with Crippen molar-refractivity contribution in [3.8, 4) is 11.5 Å². The van der Waals surface area contributed by atoms with Crippen LogP contribution in [0.1, 0.15) is 0 Å². The van der Waals surface area contributed by atoms with Gasteiger partial charge in [-0.1, -0.05) is 24.3 Å². The van der Waals surface area contributed by atoms with Crippen molar-refractivity contribution in [1.29, 1.82) is 0 Å². The van der Waals surface area contributed by atoms with Crippen LogP contribution in [-0.4, -0.2) is 9.97 Å². The largest absolute Gasteiger partial charge is 0.454 e. The molecule has 0 saturated carbocycles. The number of anilines is 1. The second-order valence-electron chi connectivity index (χ2n) is 4.99. The summed E-state index contributed by atoms with van der Waals surface area (Å²) in [6.07, 6.45) is 3.46. The summed E-state index contributed by atoms with van der Waals surface area (Å²) in [5.74, 6) is 1.43. The van der Waals surface area contributed by atoms with E-state index >= 15 is 0 Å². The van der Waals surface area contributed by atoms with E-state index in [1.54, 1.807) is 12.4 Å². The average molecular weight is 287 g/mol. The van der Waals surface area contributed by atoms with Gasteiger partial charge in [-0.15, -0.1) is 0 Å². The van der Waals surface area contributed by atoms with Gasteiger partial charge < -0.3 is 10.5 Å². The van der Waals surface area contributed by atoms with Crippen molar-refractivity contribution in [2.24, 2.45) is 0 Å². The highest BCUT2D eigenvalue weighted by atomic mass is 16.5. The minimum atomic E-state index is 0.638. The number of fused-ring (bicyclic) bond motifs is 2. The number of ether oxygens (including phenoxy) is 1. The predicted molar refractivity (Wildman–Crippen MR) is 88.0 cm³/mol. The Bertz CT molecular complexity index is 977. The van der Waals surface area contributed by atoms with Crippen molar-refractivity contribution in [2.45, 2.75) is 0 Å². The van der Waals surface area contributed by atoms with Gasteiger partial charge >= 0.3 is 0 Å². The summed E-state index contributed by atoms with van der Waals surface area (Å²) in [5, 5.41) is 1.92. The molecule has 2 aromatic heterocycles. The van der Waals surface area contributed by atoms with Crippen LogP contribution >= 0.6 is 0 Å². The molecule has 0 amide bonds. The van der Waals surface area contributed by atoms with Crippen molar-refractivity contribution in [3.63, 3.8) is 0 Å². The van der Waals surface area contributed by atoms with Crippen LogP contribution in [0.3, 0.4) is 0 Å². The Morgan fingerprint density at radius 1 is 0.727 bits per heavy atom. The molecule has 4 heteroatoms. The van der Waals surface area contributed by atoms with E-state index in [1.807, 2.05) is 54.6 Å². The van der Waals surface area contributed by atoms with Crippen LogP contribution in [0.5, 0.6) is 11.5 Å². The van der Waals surface area contributed by atoms with Crippen LogP contribution in [-0.2, 0) is 0 Å². The number of nitrogen functional groups attached to an aromatic ring is 1. The quantitative estimate of drug-likeness (QED) is 0.562. The third kappa shape index (κ3) is 2.02. The monoisotopic (exact) mass is 287 g/mol. The summed E-state index contributed by atoms with van der Waals surface area (Å²) in [7, 11) is 0. The first-order chi connectivity index (χ1) is 10.8. The van der Waals surface area contributed by atoms with E-state index in [9.17, 15) is 0 Å². The summed E-state index contributed by atoms with van der Waals surface area (Å²) in [6.45, 7) is 0. The lowest BCUT2D eigenvalue weighted by Crippen LogP contribution is -1.93. The maximum Gasteiger partial charge on any atom is 0.153 e. The van der Waals surface area contributed by atoms with Gasteiger partial charge in [0.15, 0.2) is 5.75 Å². The zero-order chi connectivity index (χ0) is 14.9. The van der Waals surface area contributed by atoms with E-state index in [1.165, 1.54) is 0 Å². The third-order valence-electron chi connectivity index (χ3n) is 3.58. The van der Waals surface area contributed by atoms with Crippen LogP contribution in [0, 0.1) is 0 Å². The summed E-state index contributed by atoms with van der Waals surface area (Å²) in [4.78, 5) is 8.73. The van der Waals surface area contributed by atoms with E-state index < -0.39 is 0 Å². The molecule has 106 valence electrons. The standard InChI is InChI=1S/C18H13N3O/c19-14-7-2-6-13-15(9-11-21-18(13)14)22-16-8-1-4-12-5-3-10-20-17(12)16/h1-11H,19H2. The summed E-state index contributed by atoms with van der Waals surface area (Å²) in [6, 6.07) is 17.3. The first-order valence-corrected chi connectivity index (χ1v) is 6.98. The molecule has 2 heterocycles. The van der Waals surface area contributed by atoms with E-state index in [2.05, 4.69) is 9.97 Å². The van der Waals surface area contributed by atoms with Crippen molar-refractivity contribution in [3.05, 3.63) is 67.0 Å². The maximum absolute atomic E-state index is 6.10. The van der Waals surface area contributed by atoms with Crippen molar-refractivity contribution >= 4 is 27.5 Å². The molecule has 4 nitrogen and oxygen atoms in total. The lowest BCUT2D eigenvalue weighted by atomic mass is 10.1. The number of pyridine rings is 2. The van der Waals surface area contributed by atoms with E-state index in [-0.39, 0.29) is 0 Å². The predicted octanol–water partition coefficient (Wildman–Crippen LogP) is 4.16. The molecule has 22 heavy (non-hydrogen) atoms. The SMILES string of the molecule is Nc1cccc2c(Oc3cccc4cccnc34)ccnc12. The van der Waals surface area contributed by atoms with Crippen LogP contribution < -0.4 is 10.5 Å². The summed E-state index contributed by atoms with van der Waals surface area (Å²) >= 11 is 0. The number of rotatable bonds is 2. The number of benzene rings is 2. The molecule has 2 N–H and O–H groups in total. The van der Waals surface area contributed by atoms with Gasteiger partial charge in [-0.05, 0) is 30.3 Å². The van der Waals surface area contributed by atoms with Gasteiger partial charge in [0, 0.05) is 23.2 Å². The van der Waals surface area contributed by atoms with E-state index in [0.29, 0.717) is 11.4 Å². The Morgan fingerprint density at radius 2 is 1.55 bits per heavy atom. The molecule has 0 unspecified atom stereocenters. The Hall–Kier alpha value is -3.14. The average Bonchev–Trinajstić information content (AvgIpc) is 2.56. The molecule has 0 aliphatic rings. The number of aromatic nitrogens is 2. The molecular weight excluding hydrogens is 274 g/mol. The lowest BCUT2D eigenvalue weighted by molar-refractivity contribution is 0.492. The fourth-order valence-corrected chi connectivity index (χ4v) is 2.54. The molecule has 0 spiro atoms. The normalized spacial score (nSPS) is 10.9. The van der Waals surface area contributed by atoms with Crippen molar-refractivity contribution < 1.29 is 4.74 Å². The van der Waals surface area contributed by atoms with Gasteiger partial charge in [0.2, 0.25) is 0 Å². The first kappa shape index (κ1) is 12.6. The summed E-state index contributed by atoms with van der Waals surface area (Å²) < 4.78 is 6.10. The second-order valence-corrected chi connectivity index (χ2v) is 4.99. The molecule has 0 bridgehead atoms. The topological polar surface area (TPSA) is 61.0 Å². The van der Waals surface area contributed by atoms with Gasteiger partial charge in [0.25, 0.3) is 0 Å². The van der Waals surface area contributed by atoms with Crippen LogP contribution in [0.4, 0.5) is 5.69 Å². The van der Waals surface area contributed by atoms with Crippen LogP contribution in [0.25, 0.3) is 21.8 Å². The van der Waals surface area contributed by atoms with Gasteiger partial charge in [-0.3, -0.25) is 9.97 Å². The Balaban J connectivity index is 1.88. The molecule has 4 rings (SSSR count). The molecule has 0 saturated heterocycles. The highest BCUT2D eigenvalue weighted by Crippen LogP contribution is 2.33. The number of hydrogen-bond donors (Lipinski definition) is 1. The molecule has 0 atom stereocenters. The zero-order valence-corrected chi connectivity index (χ0v) is 11.7. The number of nitrogens with zero attached hydrogens (tertiary/aromatic N) is 2. The minimum Gasteiger partial charge on any atom is -0.454 e. The zero-order valence-electron chi connectivity index (χ0n) is 11.7. The fourth-order valence-electron chi connectivity index (χ4n) is 2.54. The fraction of sp³-hybridized carbons (Fsp3) is 0. The summed E-state index contributed by atoms with van der Waals surface area (Å²) in [5.41, 5.74) is 8.19. The first-order valence-electron chi connectivity index (χ1n) is 6.98. The smallest absolute Gasteiger partial charge is 0.153 e. The Kier molecular flexibility index (Phi) is 2.86. The Labute approximate surface area is 127 Å². The second kappa shape index (κ2) is 5.00. The van der Waals surface area contributed by atoms with E-state index in [4.69, 9.17) is 10.5 Å². The third-order valence-corrected chi connectivity index (χ3v) is 3.58. The van der Waals surface area contributed by atoms with E-state index in [0.717, 1.165) is 27.6 Å². The van der Waals surface area contributed by atoms with Gasteiger partial charge in [0.1, 0.15) is 11.3 Å². The molecular formula is C18H13N3O. The van der Waals surface area contributed by atoms with Gasteiger partial charge in [0.05, 0.1) is 11.2 Å². The highest BCUT2D eigenvalue weighted by molar-refractivity contribution is 5.94. The van der Waals surface area contributed by atoms with Gasteiger partial charge in [-0.2, -0.15) is 0 Å². The molecule has 0 radical (unpaired) electrons. The minimum absolute atomic E-state index is 0.638. The molecule has 0 aliphatic carbocycles. The van der Waals surface area contributed by atoms with Crippen molar-refractivity contribution in [1.82, 2.24) is 9.97 Å². The van der Waals surface area contributed by atoms with Crippen LogP contribution in [0.15, 0.2) is 67.0 Å². The molecule has 0 fully saturated rings.